The molecule has 0 bridgehead atoms. The van der Waals surface area contributed by atoms with Crippen molar-refractivity contribution in [2.24, 2.45) is 5.92 Å². The van der Waals surface area contributed by atoms with Crippen LogP contribution in [0.15, 0.2) is 27.6 Å². The Morgan fingerprint density at radius 1 is 1.37 bits per heavy atom. The zero-order chi connectivity index (χ0) is 14.6. The van der Waals surface area contributed by atoms with E-state index >= 15 is 0 Å². The summed E-state index contributed by atoms with van der Waals surface area (Å²) in [7, 11) is -3.41. The number of carboxylic acids is 1. The Morgan fingerprint density at radius 3 is 2.53 bits per heavy atom. The number of halogens is 1. The van der Waals surface area contributed by atoms with Gasteiger partial charge >= 0.3 is 5.97 Å². The van der Waals surface area contributed by atoms with Gasteiger partial charge in [0.15, 0.2) is 9.84 Å². The first-order valence-electron chi connectivity index (χ1n) is 5.99. The van der Waals surface area contributed by atoms with Crippen LogP contribution in [-0.2, 0) is 9.84 Å². The SMILES string of the molecule is CC(C)CCCS(=O)(=O)c1ccc(Br)c(C(=O)O)c1. The molecule has 0 saturated carbocycles. The maximum atomic E-state index is 12.1. The van der Waals surface area contributed by atoms with E-state index in [9.17, 15) is 13.2 Å². The largest absolute Gasteiger partial charge is 0.478 e. The van der Waals surface area contributed by atoms with Crippen LogP contribution in [0.25, 0.3) is 0 Å². The molecule has 0 atom stereocenters. The molecule has 0 heterocycles. The van der Waals surface area contributed by atoms with Gasteiger partial charge in [0.1, 0.15) is 0 Å². The molecule has 0 aliphatic heterocycles. The van der Waals surface area contributed by atoms with Crippen molar-refractivity contribution in [1.29, 1.82) is 0 Å². The molecule has 0 saturated heterocycles. The van der Waals surface area contributed by atoms with Gasteiger partial charge in [0.05, 0.1) is 16.2 Å². The number of benzene rings is 1. The van der Waals surface area contributed by atoms with Gasteiger partial charge in [-0.2, -0.15) is 0 Å². The minimum atomic E-state index is -3.41. The van der Waals surface area contributed by atoms with Gasteiger partial charge in [-0.1, -0.05) is 13.8 Å². The second-order valence-corrected chi connectivity index (χ2v) is 7.77. The van der Waals surface area contributed by atoms with Crippen molar-refractivity contribution in [3.05, 3.63) is 28.2 Å². The number of hydrogen-bond acceptors (Lipinski definition) is 3. The number of carboxylic acid groups (broad SMARTS) is 1. The Labute approximate surface area is 121 Å². The Hall–Kier alpha value is -0.880. The molecule has 1 aromatic carbocycles. The van der Waals surface area contributed by atoms with E-state index in [1.165, 1.54) is 18.2 Å². The van der Waals surface area contributed by atoms with Gasteiger partial charge in [-0.15, -0.1) is 0 Å². The molecule has 0 fully saturated rings. The van der Waals surface area contributed by atoms with Crippen LogP contribution in [0, 0.1) is 5.92 Å². The fraction of sp³-hybridized carbons (Fsp3) is 0.462. The van der Waals surface area contributed by atoms with Crippen molar-refractivity contribution in [3.63, 3.8) is 0 Å². The molecule has 106 valence electrons. The monoisotopic (exact) mass is 348 g/mol. The maximum absolute atomic E-state index is 12.1. The van der Waals surface area contributed by atoms with E-state index in [0.29, 0.717) is 16.8 Å². The van der Waals surface area contributed by atoms with E-state index in [-0.39, 0.29) is 16.2 Å². The minimum Gasteiger partial charge on any atom is -0.478 e. The predicted octanol–water partition coefficient (Wildman–Crippen LogP) is 3.36. The zero-order valence-corrected chi connectivity index (χ0v) is 13.3. The molecule has 0 spiro atoms. The van der Waals surface area contributed by atoms with Crippen molar-refractivity contribution in [2.75, 3.05) is 5.75 Å². The first kappa shape index (κ1) is 16.2. The van der Waals surface area contributed by atoms with Crippen molar-refractivity contribution in [3.8, 4) is 0 Å². The maximum Gasteiger partial charge on any atom is 0.336 e. The van der Waals surface area contributed by atoms with Gasteiger partial charge in [-0.25, -0.2) is 13.2 Å². The van der Waals surface area contributed by atoms with E-state index in [1.54, 1.807) is 0 Å². The van der Waals surface area contributed by atoms with Gasteiger partial charge in [0.2, 0.25) is 0 Å². The predicted molar refractivity (Wildman–Crippen MR) is 77.2 cm³/mol. The summed E-state index contributed by atoms with van der Waals surface area (Å²) in [6.45, 7) is 4.07. The summed E-state index contributed by atoms with van der Waals surface area (Å²) in [5, 5.41) is 8.98. The van der Waals surface area contributed by atoms with Crippen LogP contribution in [0.2, 0.25) is 0 Å². The quantitative estimate of drug-likeness (QED) is 0.855. The smallest absolute Gasteiger partial charge is 0.336 e. The Balaban J connectivity index is 2.96. The third-order valence-corrected chi connectivity index (χ3v) is 5.21. The number of hydrogen-bond donors (Lipinski definition) is 1. The zero-order valence-electron chi connectivity index (χ0n) is 10.9. The van der Waals surface area contributed by atoms with Crippen LogP contribution >= 0.6 is 15.9 Å². The number of aromatic carboxylic acids is 1. The van der Waals surface area contributed by atoms with Gasteiger partial charge < -0.3 is 5.11 Å². The van der Waals surface area contributed by atoms with Gasteiger partial charge in [0.25, 0.3) is 0 Å². The summed E-state index contributed by atoms with van der Waals surface area (Å²) < 4.78 is 24.6. The van der Waals surface area contributed by atoms with Crippen LogP contribution in [-0.4, -0.2) is 25.2 Å². The molecule has 0 aliphatic rings. The molecule has 1 rings (SSSR count). The fourth-order valence-corrected chi connectivity index (χ4v) is 3.43. The molecular formula is C13H17BrO4S. The van der Waals surface area contributed by atoms with Crippen molar-refractivity contribution < 1.29 is 18.3 Å². The highest BCUT2D eigenvalue weighted by molar-refractivity contribution is 9.10. The summed E-state index contributed by atoms with van der Waals surface area (Å²) in [5.41, 5.74) is -0.0371. The van der Waals surface area contributed by atoms with E-state index < -0.39 is 15.8 Å². The average molecular weight is 349 g/mol. The molecule has 0 unspecified atom stereocenters. The standard InChI is InChI=1S/C13H17BrO4S/c1-9(2)4-3-7-19(17,18)10-5-6-12(14)11(8-10)13(15)16/h5-6,8-9H,3-4,7H2,1-2H3,(H,15,16). The molecule has 0 aromatic heterocycles. The first-order chi connectivity index (χ1) is 8.74. The summed E-state index contributed by atoms with van der Waals surface area (Å²) in [6.07, 6.45) is 1.42. The average Bonchev–Trinajstić information content (AvgIpc) is 2.27. The van der Waals surface area contributed by atoms with E-state index in [1.807, 2.05) is 13.8 Å². The summed E-state index contributed by atoms with van der Waals surface area (Å²) in [4.78, 5) is 11.0. The van der Waals surface area contributed by atoms with Crippen LogP contribution in [0.1, 0.15) is 37.0 Å². The third-order valence-electron chi connectivity index (χ3n) is 2.72. The highest BCUT2D eigenvalue weighted by Gasteiger charge is 2.18. The van der Waals surface area contributed by atoms with Gasteiger partial charge in [-0.3, -0.25) is 0 Å². The lowest BCUT2D eigenvalue weighted by molar-refractivity contribution is 0.0695. The molecule has 0 radical (unpaired) electrons. The van der Waals surface area contributed by atoms with Crippen molar-refractivity contribution in [2.45, 2.75) is 31.6 Å². The Morgan fingerprint density at radius 2 is 2.00 bits per heavy atom. The molecule has 4 nitrogen and oxygen atoms in total. The lowest BCUT2D eigenvalue weighted by Crippen LogP contribution is -2.09. The summed E-state index contributed by atoms with van der Waals surface area (Å²) >= 11 is 3.09. The van der Waals surface area contributed by atoms with Crippen LogP contribution < -0.4 is 0 Å². The van der Waals surface area contributed by atoms with E-state index in [4.69, 9.17) is 5.11 Å². The van der Waals surface area contributed by atoms with Gasteiger partial charge in [0, 0.05) is 4.47 Å². The molecule has 0 aliphatic carbocycles. The van der Waals surface area contributed by atoms with E-state index in [2.05, 4.69) is 15.9 Å². The molecule has 19 heavy (non-hydrogen) atoms. The normalized spacial score (nSPS) is 11.8. The lowest BCUT2D eigenvalue weighted by Gasteiger charge is -2.08. The minimum absolute atomic E-state index is 0.0371. The second kappa shape index (κ2) is 6.52. The van der Waals surface area contributed by atoms with Crippen LogP contribution in [0.3, 0.4) is 0 Å². The fourth-order valence-electron chi connectivity index (χ4n) is 1.66. The molecule has 6 heteroatoms. The molecule has 1 aromatic rings. The summed E-state index contributed by atoms with van der Waals surface area (Å²) in [5.74, 6) is -0.646. The lowest BCUT2D eigenvalue weighted by atomic mass is 10.1. The third kappa shape index (κ3) is 4.62. The number of carbonyl (C=O) groups is 1. The van der Waals surface area contributed by atoms with Crippen molar-refractivity contribution >= 4 is 31.7 Å². The number of rotatable bonds is 6. The molecule has 1 N–H and O–H groups in total. The second-order valence-electron chi connectivity index (χ2n) is 4.80. The van der Waals surface area contributed by atoms with Crippen molar-refractivity contribution in [1.82, 2.24) is 0 Å². The Kier molecular flexibility index (Phi) is 5.55. The molecule has 0 amide bonds. The first-order valence-corrected chi connectivity index (χ1v) is 8.44. The highest BCUT2D eigenvalue weighted by Crippen LogP contribution is 2.22. The van der Waals surface area contributed by atoms with Crippen LogP contribution in [0.5, 0.6) is 0 Å². The topological polar surface area (TPSA) is 71.4 Å². The summed E-state index contributed by atoms with van der Waals surface area (Å²) in [6, 6.07) is 4.09. The Bertz CT molecular complexity index is 564. The number of sulfone groups is 1. The van der Waals surface area contributed by atoms with Crippen LogP contribution in [0.4, 0.5) is 0 Å². The highest BCUT2D eigenvalue weighted by atomic mass is 79.9. The van der Waals surface area contributed by atoms with E-state index in [0.717, 1.165) is 6.42 Å². The molecular weight excluding hydrogens is 332 g/mol. The van der Waals surface area contributed by atoms with Gasteiger partial charge in [-0.05, 0) is 52.9 Å².